The summed E-state index contributed by atoms with van der Waals surface area (Å²) in [6, 6.07) is 19.8. The van der Waals surface area contributed by atoms with Crippen molar-refractivity contribution in [3.05, 3.63) is 95.4 Å². The van der Waals surface area contributed by atoms with E-state index < -0.39 is 0 Å². The Labute approximate surface area is 152 Å². The van der Waals surface area contributed by atoms with Crippen molar-refractivity contribution in [3.8, 4) is 0 Å². The molecule has 1 amide bonds. The summed E-state index contributed by atoms with van der Waals surface area (Å²) in [6.07, 6.45) is 2.45. The molecule has 1 heterocycles. The van der Waals surface area contributed by atoms with Gasteiger partial charge >= 0.3 is 0 Å². The van der Waals surface area contributed by atoms with E-state index in [1.54, 1.807) is 30.5 Å². The minimum absolute atomic E-state index is 0.210. The molecule has 26 heavy (non-hydrogen) atoms. The van der Waals surface area contributed by atoms with Gasteiger partial charge in [-0.05, 0) is 41.8 Å². The number of aromatic nitrogens is 1. The van der Waals surface area contributed by atoms with Crippen LogP contribution in [0, 0.1) is 5.82 Å². The van der Waals surface area contributed by atoms with E-state index in [1.807, 2.05) is 18.2 Å². The molecule has 0 saturated carbocycles. The van der Waals surface area contributed by atoms with Gasteiger partial charge in [0.15, 0.2) is 0 Å². The summed E-state index contributed by atoms with van der Waals surface area (Å²) in [5.41, 5.74) is 2.59. The fourth-order valence-electron chi connectivity index (χ4n) is 2.50. The standard InChI is InChI=1S/C21H20FN3O/c22-19-9-6-17(7-10-19)14-25-21(26)18-8-11-20(24-15-18)23-13-12-16-4-2-1-3-5-16/h1-11,15H,12-14H2,(H,23,24)(H,25,26). The zero-order valence-electron chi connectivity index (χ0n) is 14.3. The van der Waals surface area contributed by atoms with E-state index in [2.05, 4.69) is 27.8 Å². The Morgan fingerprint density at radius 1 is 0.923 bits per heavy atom. The van der Waals surface area contributed by atoms with Crippen LogP contribution in [-0.4, -0.2) is 17.4 Å². The van der Waals surface area contributed by atoms with Crippen LogP contribution in [0.15, 0.2) is 72.9 Å². The maximum absolute atomic E-state index is 12.9. The van der Waals surface area contributed by atoms with Gasteiger partial charge in [0.2, 0.25) is 0 Å². The fraction of sp³-hybridized carbons (Fsp3) is 0.143. The van der Waals surface area contributed by atoms with Gasteiger partial charge in [-0.15, -0.1) is 0 Å². The predicted octanol–water partition coefficient (Wildman–Crippen LogP) is 3.81. The molecule has 0 aliphatic rings. The first-order valence-electron chi connectivity index (χ1n) is 8.47. The van der Waals surface area contributed by atoms with E-state index in [4.69, 9.17) is 0 Å². The second kappa shape index (κ2) is 8.76. The fourth-order valence-corrected chi connectivity index (χ4v) is 2.50. The number of pyridine rings is 1. The highest BCUT2D eigenvalue weighted by Gasteiger charge is 2.06. The zero-order valence-corrected chi connectivity index (χ0v) is 14.3. The Kier molecular flexibility index (Phi) is 5.93. The molecule has 0 fully saturated rings. The molecule has 0 bridgehead atoms. The highest BCUT2D eigenvalue weighted by atomic mass is 19.1. The number of halogens is 1. The van der Waals surface area contributed by atoms with Crippen molar-refractivity contribution in [3.63, 3.8) is 0 Å². The van der Waals surface area contributed by atoms with Crippen molar-refractivity contribution in [1.29, 1.82) is 0 Å². The summed E-state index contributed by atoms with van der Waals surface area (Å²) in [7, 11) is 0. The summed E-state index contributed by atoms with van der Waals surface area (Å²) in [5, 5.41) is 6.04. The molecule has 1 aromatic heterocycles. The van der Waals surface area contributed by atoms with Gasteiger partial charge in [0.05, 0.1) is 5.56 Å². The minimum atomic E-state index is -0.292. The third-order valence-electron chi connectivity index (χ3n) is 3.95. The van der Waals surface area contributed by atoms with Crippen LogP contribution in [0.3, 0.4) is 0 Å². The van der Waals surface area contributed by atoms with Crippen LogP contribution in [0.1, 0.15) is 21.5 Å². The summed E-state index contributed by atoms with van der Waals surface area (Å²) in [6.45, 7) is 1.11. The number of rotatable bonds is 7. The van der Waals surface area contributed by atoms with Crippen LogP contribution < -0.4 is 10.6 Å². The molecule has 5 heteroatoms. The van der Waals surface area contributed by atoms with Gasteiger partial charge in [-0.2, -0.15) is 0 Å². The molecule has 132 valence electrons. The number of nitrogens with one attached hydrogen (secondary N) is 2. The van der Waals surface area contributed by atoms with Gasteiger partial charge in [0.25, 0.3) is 5.91 Å². The largest absolute Gasteiger partial charge is 0.370 e. The van der Waals surface area contributed by atoms with Gasteiger partial charge in [-0.25, -0.2) is 9.37 Å². The lowest BCUT2D eigenvalue weighted by Crippen LogP contribution is -2.23. The number of anilines is 1. The third kappa shape index (κ3) is 5.14. The van der Waals surface area contributed by atoms with E-state index in [-0.39, 0.29) is 11.7 Å². The Balaban J connectivity index is 1.47. The highest BCUT2D eigenvalue weighted by Crippen LogP contribution is 2.07. The second-order valence-corrected chi connectivity index (χ2v) is 5.90. The van der Waals surface area contributed by atoms with Gasteiger partial charge < -0.3 is 10.6 Å². The molecule has 2 N–H and O–H groups in total. The first kappa shape index (κ1) is 17.6. The summed E-state index contributed by atoms with van der Waals surface area (Å²) < 4.78 is 12.9. The van der Waals surface area contributed by atoms with Crippen LogP contribution in [0.2, 0.25) is 0 Å². The lowest BCUT2D eigenvalue weighted by molar-refractivity contribution is 0.0950. The molecule has 4 nitrogen and oxygen atoms in total. The number of hydrogen-bond acceptors (Lipinski definition) is 3. The van der Waals surface area contributed by atoms with Crippen molar-refractivity contribution in [2.75, 3.05) is 11.9 Å². The number of carbonyl (C=O) groups is 1. The summed E-state index contributed by atoms with van der Waals surface area (Å²) >= 11 is 0. The molecule has 0 aliphatic carbocycles. The van der Waals surface area contributed by atoms with Crippen LogP contribution in [0.25, 0.3) is 0 Å². The number of nitrogens with zero attached hydrogens (tertiary/aromatic N) is 1. The number of amides is 1. The lowest BCUT2D eigenvalue weighted by atomic mass is 10.1. The maximum atomic E-state index is 12.9. The maximum Gasteiger partial charge on any atom is 0.253 e. The minimum Gasteiger partial charge on any atom is -0.370 e. The molecule has 3 rings (SSSR count). The predicted molar refractivity (Wildman–Crippen MR) is 100 cm³/mol. The first-order chi connectivity index (χ1) is 12.7. The monoisotopic (exact) mass is 349 g/mol. The Morgan fingerprint density at radius 2 is 1.69 bits per heavy atom. The molecule has 2 aromatic carbocycles. The van der Waals surface area contributed by atoms with E-state index in [9.17, 15) is 9.18 Å². The van der Waals surface area contributed by atoms with Crippen molar-refractivity contribution >= 4 is 11.7 Å². The van der Waals surface area contributed by atoms with Crippen molar-refractivity contribution in [1.82, 2.24) is 10.3 Å². The number of hydrogen-bond donors (Lipinski definition) is 2. The Hall–Kier alpha value is -3.21. The Bertz CT molecular complexity index is 833. The Morgan fingerprint density at radius 3 is 2.38 bits per heavy atom. The molecule has 0 spiro atoms. The van der Waals surface area contributed by atoms with Crippen LogP contribution in [-0.2, 0) is 13.0 Å². The first-order valence-corrected chi connectivity index (χ1v) is 8.47. The zero-order chi connectivity index (χ0) is 18.2. The summed E-state index contributed by atoms with van der Waals surface area (Å²) in [4.78, 5) is 16.4. The van der Waals surface area contributed by atoms with Gasteiger partial charge in [0.1, 0.15) is 11.6 Å². The van der Waals surface area contributed by atoms with Crippen LogP contribution in [0.4, 0.5) is 10.2 Å². The number of benzene rings is 2. The van der Waals surface area contributed by atoms with Gasteiger partial charge in [0, 0.05) is 19.3 Å². The molecular weight excluding hydrogens is 329 g/mol. The van der Waals surface area contributed by atoms with E-state index in [0.29, 0.717) is 12.1 Å². The van der Waals surface area contributed by atoms with Crippen LogP contribution in [0.5, 0.6) is 0 Å². The second-order valence-electron chi connectivity index (χ2n) is 5.90. The molecule has 0 atom stereocenters. The van der Waals surface area contributed by atoms with E-state index in [1.165, 1.54) is 17.7 Å². The molecule has 0 unspecified atom stereocenters. The molecule has 0 saturated heterocycles. The van der Waals surface area contributed by atoms with E-state index in [0.717, 1.165) is 24.3 Å². The third-order valence-corrected chi connectivity index (χ3v) is 3.95. The molecule has 3 aromatic rings. The molecular formula is C21H20FN3O. The SMILES string of the molecule is O=C(NCc1ccc(F)cc1)c1ccc(NCCc2ccccc2)nc1. The van der Waals surface area contributed by atoms with E-state index >= 15 is 0 Å². The average Bonchev–Trinajstić information content (AvgIpc) is 2.69. The summed E-state index contributed by atoms with van der Waals surface area (Å²) in [5.74, 6) is 0.230. The quantitative estimate of drug-likeness (QED) is 0.682. The normalized spacial score (nSPS) is 10.3. The van der Waals surface area contributed by atoms with Crippen molar-refractivity contribution < 1.29 is 9.18 Å². The van der Waals surface area contributed by atoms with Crippen molar-refractivity contribution in [2.24, 2.45) is 0 Å². The average molecular weight is 349 g/mol. The lowest BCUT2D eigenvalue weighted by Gasteiger charge is -2.08. The molecule has 0 radical (unpaired) electrons. The van der Waals surface area contributed by atoms with Gasteiger partial charge in [-0.3, -0.25) is 4.79 Å². The van der Waals surface area contributed by atoms with Gasteiger partial charge in [-0.1, -0.05) is 42.5 Å². The number of carbonyl (C=O) groups excluding carboxylic acids is 1. The molecule has 0 aliphatic heterocycles. The topological polar surface area (TPSA) is 54.0 Å². The van der Waals surface area contributed by atoms with Crippen LogP contribution >= 0.6 is 0 Å². The van der Waals surface area contributed by atoms with Crippen molar-refractivity contribution in [2.45, 2.75) is 13.0 Å². The highest BCUT2D eigenvalue weighted by molar-refractivity contribution is 5.94. The smallest absolute Gasteiger partial charge is 0.253 e.